The zero-order chi connectivity index (χ0) is 17.9. The number of benzene rings is 1. The molecule has 1 aromatic rings. The number of nitrogens with zero attached hydrogens (tertiary/aromatic N) is 1. The lowest BCUT2D eigenvalue weighted by Crippen LogP contribution is -2.54. The van der Waals surface area contributed by atoms with E-state index >= 15 is 0 Å². The van der Waals surface area contributed by atoms with E-state index in [1.54, 1.807) is 12.1 Å². The molecule has 2 amide bonds. The maximum Gasteiger partial charge on any atom is 0.251 e. The highest BCUT2D eigenvalue weighted by atomic mass is 79.9. The minimum Gasteiger partial charge on any atom is -0.349 e. The minimum absolute atomic E-state index is 0.000172. The summed E-state index contributed by atoms with van der Waals surface area (Å²) in [4.78, 5) is 26.5. The summed E-state index contributed by atoms with van der Waals surface area (Å²) in [5, 5.41) is 3.05. The molecule has 24 heavy (non-hydrogen) atoms. The van der Waals surface area contributed by atoms with Crippen molar-refractivity contribution in [1.82, 2.24) is 10.2 Å². The van der Waals surface area contributed by atoms with Crippen LogP contribution in [0.3, 0.4) is 0 Å². The lowest BCUT2D eigenvalue weighted by atomic mass is 9.86. The van der Waals surface area contributed by atoms with E-state index in [4.69, 9.17) is 5.73 Å². The topological polar surface area (TPSA) is 75.4 Å². The quantitative estimate of drug-likeness (QED) is 0.825. The molecule has 2 rings (SSSR count). The van der Waals surface area contributed by atoms with E-state index in [-0.39, 0.29) is 23.3 Å². The van der Waals surface area contributed by atoms with Crippen LogP contribution in [0, 0.1) is 5.41 Å². The van der Waals surface area contributed by atoms with Crippen molar-refractivity contribution >= 4 is 27.7 Å². The zero-order valence-electron chi connectivity index (χ0n) is 14.5. The van der Waals surface area contributed by atoms with Crippen LogP contribution in [0.25, 0.3) is 0 Å². The maximum atomic E-state index is 12.4. The first-order valence-corrected chi connectivity index (χ1v) is 9.08. The third-order valence-corrected chi connectivity index (χ3v) is 4.98. The van der Waals surface area contributed by atoms with E-state index < -0.39 is 6.04 Å². The predicted molar refractivity (Wildman–Crippen MR) is 98.6 cm³/mol. The summed E-state index contributed by atoms with van der Waals surface area (Å²) in [5.41, 5.74) is 6.46. The molecule has 1 unspecified atom stereocenters. The number of hydrogen-bond acceptors (Lipinski definition) is 3. The van der Waals surface area contributed by atoms with E-state index in [0.29, 0.717) is 18.7 Å². The summed E-state index contributed by atoms with van der Waals surface area (Å²) < 4.78 is 0.945. The summed E-state index contributed by atoms with van der Waals surface area (Å²) >= 11 is 3.36. The van der Waals surface area contributed by atoms with Crippen molar-refractivity contribution in [2.75, 3.05) is 13.1 Å². The molecule has 6 heteroatoms. The van der Waals surface area contributed by atoms with Crippen LogP contribution in [0.15, 0.2) is 28.7 Å². The number of carbonyl (C=O) groups is 2. The van der Waals surface area contributed by atoms with Crippen LogP contribution in [0.2, 0.25) is 0 Å². The van der Waals surface area contributed by atoms with Gasteiger partial charge in [0.05, 0.1) is 6.04 Å². The molecule has 1 fully saturated rings. The van der Waals surface area contributed by atoms with Gasteiger partial charge >= 0.3 is 0 Å². The minimum atomic E-state index is -0.494. The Hall–Kier alpha value is -1.40. The van der Waals surface area contributed by atoms with Crippen molar-refractivity contribution in [3.8, 4) is 0 Å². The van der Waals surface area contributed by atoms with Gasteiger partial charge in [0.15, 0.2) is 0 Å². The fraction of sp³-hybridized carbons (Fsp3) is 0.556. The molecule has 0 aromatic heterocycles. The second-order valence-electron chi connectivity index (χ2n) is 7.42. The zero-order valence-corrected chi connectivity index (χ0v) is 16.1. The fourth-order valence-electron chi connectivity index (χ4n) is 2.68. The van der Waals surface area contributed by atoms with E-state index in [1.807, 2.05) is 37.8 Å². The van der Waals surface area contributed by atoms with Crippen LogP contribution in [-0.4, -0.2) is 41.9 Å². The summed E-state index contributed by atoms with van der Waals surface area (Å²) in [6, 6.07) is 6.89. The Morgan fingerprint density at radius 1 is 1.21 bits per heavy atom. The fourth-order valence-corrected chi connectivity index (χ4v) is 2.95. The van der Waals surface area contributed by atoms with Crippen molar-refractivity contribution < 1.29 is 9.59 Å². The molecule has 3 N–H and O–H groups in total. The first-order valence-electron chi connectivity index (χ1n) is 8.29. The van der Waals surface area contributed by atoms with E-state index in [0.717, 1.165) is 17.3 Å². The predicted octanol–water partition coefficient (Wildman–Crippen LogP) is 2.54. The molecule has 1 atom stereocenters. The number of likely N-dealkylation sites (tertiary alicyclic amines) is 1. The Morgan fingerprint density at radius 3 is 2.25 bits per heavy atom. The van der Waals surface area contributed by atoms with E-state index in [2.05, 4.69) is 21.2 Å². The van der Waals surface area contributed by atoms with Crippen molar-refractivity contribution in [2.24, 2.45) is 11.1 Å². The average molecular weight is 396 g/mol. The van der Waals surface area contributed by atoms with Gasteiger partial charge in [0.2, 0.25) is 5.91 Å². The monoisotopic (exact) mass is 395 g/mol. The summed E-state index contributed by atoms with van der Waals surface area (Å²) in [6.07, 6.45) is 1.51. The molecule has 1 aliphatic rings. The highest BCUT2D eigenvalue weighted by molar-refractivity contribution is 9.10. The lowest BCUT2D eigenvalue weighted by Gasteiger charge is -2.36. The number of amides is 2. The van der Waals surface area contributed by atoms with Gasteiger partial charge in [0, 0.05) is 29.2 Å². The van der Waals surface area contributed by atoms with Crippen LogP contribution in [0.5, 0.6) is 0 Å². The maximum absolute atomic E-state index is 12.4. The Kier molecular flexibility index (Phi) is 6.04. The number of piperidine rings is 1. The van der Waals surface area contributed by atoms with Crippen LogP contribution >= 0.6 is 15.9 Å². The van der Waals surface area contributed by atoms with Gasteiger partial charge in [-0.2, -0.15) is 0 Å². The van der Waals surface area contributed by atoms with Crippen molar-refractivity contribution in [3.63, 3.8) is 0 Å². The van der Waals surface area contributed by atoms with Crippen LogP contribution in [0.1, 0.15) is 44.0 Å². The van der Waals surface area contributed by atoms with Gasteiger partial charge in [-0.3, -0.25) is 9.59 Å². The molecule has 1 heterocycles. The molecule has 1 aliphatic heterocycles. The average Bonchev–Trinajstić information content (AvgIpc) is 2.54. The smallest absolute Gasteiger partial charge is 0.251 e. The first kappa shape index (κ1) is 18.9. The summed E-state index contributed by atoms with van der Waals surface area (Å²) in [6.45, 7) is 7.18. The highest BCUT2D eigenvalue weighted by Gasteiger charge is 2.33. The van der Waals surface area contributed by atoms with Crippen molar-refractivity contribution in [3.05, 3.63) is 34.3 Å². The van der Waals surface area contributed by atoms with E-state index in [9.17, 15) is 9.59 Å². The van der Waals surface area contributed by atoms with Crippen LogP contribution < -0.4 is 11.1 Å². The molecule has 1 saturated heterocycles. The second kappa shape index (κ2) is 7.66. The van der Waals surface area contributed by atoms with Gasteiger partial charge in [0.1, 0.15) is 0 Å². The lowest BCUT2D eigenvalue weighted by molar-refractivity contribution is -0.136. The number of carbonyl (C=O) groups excluding carboxylic acids is 2. The third-order valence-electron chi connectivity index (χ3n) is 4.45. The SMILES string of the molecule is CC(C)(C)C(N)C(=O)N1CCC(NC(=O)c2ccc(Br)cc2)CC1. The number of nitrogens with one attached hydrogen (secondary N) is 1. The number of rotatable bonds is 3. The van der Waals surface area contributed by atoms with Gasteiger partial charge in [-0.25, -0.2) is 0 Å². The molecule has 0 bridgehead atoms. The standard InChI is InChI=1S/C18H26BrN3O2/c1-18(2,3)15(20)17(24)22-10-8-14(9-11-22)21-16(23)12-4-6-13(19)7-5-12/h4-7,14-15H,8-11,20H2,1-3H3,(H,21,23). The molecular formula is C18H26BrN3O2. The Bertz CT molecular complexity index is 587. The van der Waals surface area contributed by atoms with Crippen LogP contribution in [-0.2, 0) is 4.79 Å². The molecule has 0 saturated carbocycles. The Labute approximate surface area is 152 Å². The number of nitrogens with two attached hydrogens (primary N) is 1. The summed E-state index contributed by atoms with van der Waals surface area (Å²) in [7, 11) is 0. The molecule has 132 valence electrons. The number of hydrogen-bond donors (Lipinski definition) is 2. The summed E-state index contributed by atoms with van der Waals surface area (Å²) in [5.74, 6) is -0.0705. The molecule has 1 aromatic carbocycles. The van der Waals surface area contributed by atoms with Gasteiger partial charge in [-0.05, 0) is 42.5 Å². The Balaban J connectivity index is 1.85. The molecule has 5 nitrogen and oxygen atoms in total. The van der Waals surface area contributed by atoms with Gasteiger partial charge < -0.3 is 16.0 Å². The van der Waals surface area contributed by atoms with Gasteiger partial charge in [0.25, 0.3) is 5.91 Å². The van der Waals surface area contributed by atoms with Gasteiger partial charge in [-0.1, -0.05) is 36.7 Å². The van der Waals surface area contributed by atoms with Gasteiger partial charge in [-0.15, -0.1) is 0 Å². The normalized spacial score (nSPS) is 17.5. The largest absolute Gasteiger partial charge is 0.349 e. The molecule has 0 spiro atoms. The molecule has 0 radical (unpaired) electrons. The van der Waals surface area contributed by atoms with Crippen molar-refractivity contribution in [1.29, 1.82) is 0 Å². The van der Waals surface area contributed by atoms with Crippen LogP contribution in [0.4, 0.5) is 0 Å². The van der Waals surface area contributed by atoms with Crippen molar-refractivity contribution in [2.45, 2.75) is 45.7 Å². The van der Waals surface area contributed by atoms with E-state index in [1.165, 1.54) is 0 Å². The first-order chi connectivity index (χ1) is 11.2. The molecule has 0 aliphatic carbocycles. The highest BCUT2D eigenvalue weighted by Crippen LogP contribution is 2.21. The Morgan fingerprint density at radius 2 is 1.75 bits per heavy atom. The third kappa shape index (κ3) is 4.80. The number of halogens is 1. The second-order valence-corrected chi connectivity index (χ2v) is 8.34. The molecular weight excluding hydrogens is 370 g/mol.